The van der Waals surface area contributed by atoms with E-state index in [-0.39, 0.29) is 0 Å². The van der Waals surface area contributed by atoms with Crippen LogP contribution in [0.1, 0.15) is 56.9 Å². The van der Waals surface area contributed by atoms with Crippen LogP contribution in [-0.4, -0.2) is 30.6 Å². The quantitative estimate of drug-likeness (QED) is 0.810. The summed E-state index contributed by atoms with van der Waals surface area (Å²) in [7, 11) is 0. The molecule has 1 aliphatic rings. The molecule has 2 nitrogen and oxygen atoms in total. The van der Waals surface area contributed by atoms with Gasteiger partial charge in [-0.15, -0.1) is 11.3 Å². The van der Waals surface area contributed by atoms with E-state index in [0.717, 1.165) is 0 Å². The SMILES string of the molecule is CCCCN1CCC(NC(CC)c2cccs2)CC1. The lowest BCUT2D eigenvalue weighted by atomic mass is 10.0. The van der Waals surface area contributed by atoms with Gasteiger partial charge in [-0.2, -0.15) is 0 Å². The van der Waals surface area contributed by atoms with E-state index in [1.54, 1.807) is 0 Å². The van der Waals surface area contributed by atoms with E-state index in [1.807, 2.05) is 11.3 Å². The number of likely N-dealkylation sites (tertiary alicyclic amines) is 1. The number of nitrogens with one attached hydrogen (secondary N) is 1. The van der Waals surface area contributed by atoms with Crippen molar-refractivity contribution in [3.8, 4) is 0 Å². The standard InChI is InChI=1S/C16H28N2S/c1-3-5-10-18-11-8-14(9-12-18)17-15(4-2)16-7-6-13-19-16/h6-7,13-15,17H,3-5,8-12H2,1-2H3. The second kappa shape index (κ2) is 8.03. The first-order valence-corrected chi connectivity index (χ1v) is 8.73. The Morgan fingerprint density at radius 2 is 2.16 bits per heavy atom. The van der Waals surface area contributed by atoms with Gasteiger partial charge in [0.15, 0.2) is 0 Å². The van der Waals surface area contributed by atoms with Gasteiger partial charge in [0.25, 0.3) is 0 Å². The van der Waals surface area contributed by atoms with E-state index in [1.165, 1.54) is 56.6 Å². The first-order valence-electron chi connectivity index (χ1n) is 7.85. The van der Waals surface area contributed by atoms with E-state index < -0.39 is 0 Å². The molecule has 0 spiro atoms. The molecule has 1 N–H and O–H groups in total. The Labute approximate surface area is 122 Å². The molecule has 1 unspecified atom stereocenters. The van der Waals surface area contributed by atoms with Crippen molar-refractivity contribution in [2.75, 3.05) is 19.6 Å². The van der Waals surface area contributed by atoms with E-state index >= 15 is 0 Å². The third kappa shape index (κ3) is 4.59. The average Bonchev–Trinajstić information content (AvgIpc) is 2.98. The van der Waals surface area contributed by atoms with E-state index in [9.17, 15) is 0 Å². The van der Waals surface area contributed by atoms with Gasteiger partial charge in [0, 0.05) is 17.0 Å². The molecule has 1 saturated heterocycles. The Morgan fingerprint density at radius 3 is 2.74 bits per heavy atom. The smallest absolute Gasteiger partial charge is 0.0414 e. The third-order valence-electron chi connectivity index (χ3n) is 4.15. The summed E-state index contributed by atoms with van der Waals surface area (Å²) in [5, 5.41) is 6.06. The molecule has 1 atom stereocenters. The summed E-state index contributed by atoms with van der Waals surface area (Å²) in [5.41, 5.74) is 0. The topological polar surface area (TPSA) is 15.3 Å². The van der Waals surface area contributed by atoms with Crippen molar-refractivity contribution in [2.45, 2.75) is 58.0 Å². The van der Waals surface area contributed by atoms with Crippen LogP contribution in [0, 0.1) is 0 Å². The zero-order valence-corrected chi connectivity index (χ0v) is 13.2. The minimum atomic E-state index is 0.562. The Balaban J connectivity index is 1.75. The first kappa shape index (κ1) is 15.0. The molecule has 0 bridgehead atoms. The van der Waals surface area contributed by atoms with Crippen LogP contribution in [0.25, 0.3) is 0 Å². The summed E-state index contributed by atoms with van der Waals surface area (Å²) in [6.07, 6.45) is 6.48. The Kier molecular flexibility index (Phi) is 6.35. The van der Waals surface area contributed by atoms with Gasteiger partial charge >= 0.3 is 0 Å². The second-order valence-electron chi connectivity index (χ2n) is 5.61. The van der Waals surface area contributed by atoms with Crippen LogP contribution in [0.4, 0.5) is 0 Å². The zero-order valence-electron chi connectivity index (χ0n) is 12.4. The maximum absolute atomic E-state index is 3.87. The lowest BCUT2D eigenvalue weighted by Gasteiger charge is -2.34. The fourth-order valence-corrected chi connectivity index (χ4v) is 3.75. The van der Waals surface area contributed by atoms with Gasteiger partial charge in [-0.25, -0.2) is 0 Å². The number of thiophene rings is 1. The summed E-state index contributed by atoms with van der Waals surface area (Å²) < 4.78 is 0. The highest BCUT2D eigenvalue weighted by molar-refractivity contribution is 7.10. The van der Waals surface area contributed by atoms with Crippen molar-refractivity contribution in [3.05, 3.63) is 22.4 Å². The lowest BCUT2D eigenvalue weighted by Crippen LogP contribution is -2.43. The Morgan fingerprint density at radius 1 is 1.37 bits per heavy atom. The highest BCUT2D eigenvalue weighted by Gasteiger charge is 2.21. The molecule has 2 rings (SSSR count). The van der Waals surface area contributed by atoms with Crippen molar-refractivity contribution in [1.82, 2.24) is 10.2 Å². The number of hydrogen-bond donors (Lipinski definition) is 1. The van der Waals surface area contributed by atoms with Gasteiger partial charge in [0.2, 0.25) is 0 Å². The molecule has 1 aromatic heterocycles. The molecule has 1 aromatic rings. The molecular weight excluding hydrogens is 252 g/mol. The average molecular weight is 280 g/mol. The van der Waals surface area contributed by atoms with Gasteiger partial charge in [-0.3, -0.25) is 0 Å². The summed E-state index contributed by atoms with van der Waals surface area (Å²) in [5.74, 6) is 0. The Hall–Kier alpha value is -0.380. The van der Waals surface area contributed by atoms with Crippen LogP contribution >= 0.6 is 11.3 Å². The molecule has 0 aliphatic carbocycles. The zero-order chi connectivity index (χ0) is 13.5. The molecule has 0 amide bonds. The monoisotopic (exact) mass is 280 g/mol. The lowest BCUT2D eigenvalue weighted by molar-refractivity contribution is 0.188. The molecule has 1 aliphatic heterocycles. The molecule has 19 heavy (non-hydrogen) atoms. The van der Waals surface area contributed by atoms with Crippen LogP contribution in [0.3, 0.4) is 0 Å². The van der Waals surface area contributed by atoms with Gasteiger partial charge < -0.3 is 10.2 Å². The molecule has 2 heterocycles. The molecule has 1 fully saturated rings. The first-order chi connectivity index (χ1) is 9.33. The number of unbranched alkanes of at least 4 members (excludes halogenated alkanes) is 1. The van der Waals surface area contributed by atoms with Crippen LogP contribution in [0.2, 0.25) is 0 Å². The van der Waals surface area contributed by atoms with Crippen molar-refractivity contribution in [3.63, 3.8) is 0 Å². The summed E-state index contributed by atoms with van der Waals surface area (Å²) in [6.45, 7) is 8.41. The van der Waals surface area contributed by atoms with Crippen molar-refractivity contribution >= 4 is 11.3 Å². The number of rotatable bonds is 7. The van der Waals surface area contributed by atoms with Crippen molar-refractivity contribution in [1.29, 1.82) is 0 Å². The molecule has 0 saturated carbocycles. The van der Waals surface area contributed by atoms with Crippen molar-refractivity contribution < 1.29 is 0 Å². The third-order valence-corrected chi connectivity index (χ3v) is 5.13. The van der Waals surface area contributed by atoms with Crippen molar-refractivity contribution in [2.24, 2.45) is 0 Å². The fourth-order valence-electron chi connectivity index (χ4n) is 2.88. The van der Waals surface area contributed by atoms with E-state index in [2.05, 4.69) is 41.6 Å². The molecule has 0 radical (unpaired) electrons. The maximum atomic E-state index is 3.87. The molecular formula is C16H28N2S. The number of piperidine rings is 1. The van der Waals surface area contributed by atoms with Crippen LogP contribution in [-0.2, 0) is 0 Å². The molecule has 3 heteroatoms. The minimum Gasteiger partial charge on any atom is -0.306 e. The predicted octanol–water partition coefficient (Wildman–Crippen LogP) is 4.05. The van der Waals surface area contributed by atoms with Crippen LogP contribution in [0.15, 0.2) is 17.5 Å². The molecule has 108 valence electrons. The second-order valence-corrected chi connectivity index (χ2v) is 6.59. The van der Waals surface area contributed by atoms with Gasteiger partial charge in [-0.05, 0) is 56.8 Å². The predicted molar refractivity (Wildman–Crippen MR) is 84.9 cm³/mol. The summed E-state index contributed by atoms with van der Waals surface area (Å²) >= 11 is 1.88. The highest BCUT2D eigenvalue weighted by Crippen LogP contribution is 2.24. The number of hydrogen-bond acceptors (Lipinski definition) is 3. The fraction of sp³-hybridized carbons (Fsp3) is 0.750. The van der Waals surface area contributed by atoms with E-state index in [0.29, 0.717) is 12.1 Å². The normalized spacial score (nSPS) is 19.7. The largest absolute Gasteiger partial charge is 0.306 e. The minimum absolute atomic E-state index is 0.562. The number of nitrogens with zero attached hydrogens (tertiary/aromatic N) is 1. The Bertz CT molecular complexity index is 329. The molecule has 0 aromatic carbocycles. The van der Waals surface area contributed by atoms with Crippen LogP contribution < -0.4 is 5.32 Å². The summed E-state index contributed by atoms with van der Waals surface area (Å²) in [4.78, 5) is 4.13. The van der Waals surface area contributed by atoms with Gasteiger partial charge in [0.05, 0.1) is 0 Å². The maximum Gasteiger partial charge on any atom is 0.0414 e. The summed E-state index contributed by atoms with van der Waals surface area (Å²) in [6, 6.07) is 5.71. The highest BCUT2D eigenvalue weighted by atomic mass is 32.1. The van der Waals surface area contributed by atoms with E-state index in [4.69, 9.17) is 0 Å². The van der Waals surface area contributed by atoms with Gasteiger partial charge in [0.1, 0.15) is 0 Å². The van der Waals surface area contributed by atoms with Crippen LogP contribution in [0.5, 0.6) is 0 Å². The van der Waals surface area contributed by atoms with Gasteiger partial charge in [-0.1, -0.05) is 26.3 Å².